The highest BCUT2D eigenvalue weighted by Crippen LogP contribution is 2.26. The molecule has 0 bridgehead atoms. The summed E-state index contributed by atoms with van der Waals surface area (Å²) in [6, 6.07) is 7.98. The van der Waals surface area contributed by atoms with Crippen molar-refractivity contribution in [2.45, 2.75) is 38.8 Å². The van der Waals surface area contributed by atoms with Crippen LogP contribution in [0.3, 0.4) is 0 Å². The molecule has 2 N–H and O–H groups in total. The summed E-state index contributed by atoms with van der Waals surface area (Å²) in [7, 11) is 0. The molecule has 1 aromatic rings. The largest absolute Gasteiger partial charge is 0.460 e. The van der Waals surface area contributed by atoms with E-state index >= 15 is 0 Å². The van der Waals surface area contributed by atoms with Gasteiger partial charge in [0.05, 0.1) is 11.1 Å². The second-order valence-corrected chi connectivity index (χ2v) is 7.48. The van der Waals surface area contributed by atoms with Crippen molar-refractivity contribution in [3.8, 4) is 0 Å². The molecule has 8 nitrogen and oxygen atoms in total. The number of esters is 2. The Morgan fingerprint density at radius 1 is 0.833 bits per heavy atom. The normalized spacial score (nSPS) is 11.6. The quantitative estimate of drug-likeness (QED) is 0.205. The number of nitrogens with one attached hydrogen (secondary N) is 2. The Kier molecular flexibility index (Phi) is 10.4. The van der Waals surface area contributed by atoms with Crippen LogP contribution in [0, 0.1) is 0 Å². The van der Waals surface area contributed by atoms with Gasteiger partial charge in [-0.3, -0.25) is 9.68 Å². The SMILES string of the molecule is C=CC(=O)OCCONC(C)(C)c1cccc(C(C)(C)NOCCOC(=O)C=C)c1. The van der Waals surface area contributed by atoms with E-state index in [9.17, 15) is 9.59 Å². The zero-order chi connectivity index (χ0) is 22.6. The minimum Gasteiger partial charge on any atom is -0.460 e. The van der Waals surface area contributed by atoms with Gasteiger partial charge in [0.2, 0.25) is 0 Å². The summed E-state index contributed by atoms with van der Waals surface area (Å²) in [6.07, 6.45) is 2.21. The first-order valence-electron chi connectivity index (χ1n) is 9.59. The van der Waals surface area contributed by atoms with E-state index in [1.165, 1.54) is 0 Å². The zero-order valence-electron chi connectivity index (χ0n) is 18.2. The summed E-state index contributed by atoms with van der Waals surface area (Å²) in [5.41, 5.74) is 7.01. The Labute approximate surface area is 178 Å². The molecule has 0 amide bonds. The maximum absolute atomic E-state index is 11.0. The van der Waals surface area contributed by atoms with E-state index < -0.39 is 23.0 Å². The van der Waals surface area contributed by atoms with E-state index in [1.54, 1.807) is 0 Å². The van der Waals surface area contributed by atoms with E-state index in [0.29, 0.717) is 0 Å². The first-order chi connectivity index (χ1) is 14.1. The Bertz CT molecular complexity index is 673. The third-order valence-corrected chi connectivity index (χ3v) is 4.15. The van der Waals surface area contributed by atoms with Gasteiger partial charge >= 0.3 is 11.9 Å². The standard InChI is InChI=1S/C22H32N2O6/c1-7-19(25)27-12-14-29-23-21(3,4)17-10-9-11-18(16-17)22(5,6)24-30-15-13-28-20(26)8-2/h7-11,16,23-24H,1-2,12-15H2,3-6H3. The van der Waals surface area contributed by atoms with Gasteiger partial charge in [0.15, 0.2) is 0 Å². The van der Waals surface area contributed by atoms with Crippen molar-refractivity contribution in [2.24, 2.45) is 0 Å². The van der Waals surface area contributed by atoms with Crippen molar-refractivity contribution in [3.63, 3.8) is 0 Å². The van der Waals surface area contributed by atoms with Gasteiger partial charge < -0.3 is 9.47 Å². The van der Waals surface area contributed by atoms with E-state index in [1.807, 2.05) is 52.0 Å². The molecule has 0 fully saturated rings. The number of benzene rings is 1. The van der Waals surface area contributed by atoms with Crippen LogP contribution in [0.5, 0.6) is 0 Å². The highest BCUT2D eigenvalue weighted by atomic mass is 16.7. The molecule has 0 aliphatic heterocycles. The smallest absolute Gasteiger partial charge is 0.330 e. The van der Waals surface area contributed by atoms with Crippen LogP contribution < -0.4 is 11.0 Å². The maximum Gasteiger partial charge on any atom is 0.330 e. The van der Waals surface area contributed by atoms with E-state index in [-0.39, 0.29) is 26.4 Å². The van der Waals surface area contributed by atoms with Gasteiger partial charge in [-0.2, -0.15) is 11.0 Å². The van der Waals surface area contributed by atoms with Crippen LogP contribution >= 0.6 is 0 Å². The van der Waals surface area contributed by atoms with Crippen molar-refractivity contribution in [3.05, 3.63) is 60.7 Å². The van der Waals surface area contributed by atoms with Gasteiger partial charge in [0.25, 0.3) is 0 Å². The van der Waals surface area contributed by atoms with Gasteiger partial charge in [-0.15, -0.1) is 0 Å². The molecule has 0 aliphatic carbocycles. The van der Waals surface area contributed by atoms with Gasteiger partial charge in [0, 0.05) is 12.2 Å². The van der Waals surface area contributed by atoms with E-state index in [4.69, 9.17) is 19.1 Å². The maximum atomic E-state index is 11.0. The van der Waals surface area contributed by atoms with Gasteiger partial charge in [0.1, 0.15) is 26.4 Å². The molecule has 8 heteroatoms. The summed E-state index contributed by atoms with van der Waals surface area (Å²) in [4.78, 5) is 32.9. The first kappa shape index (κ1) is 25.5. The van der Waals surface area contributed by atoms with Crippen molar-refractivity contribution in [1.29, 1.82) is 0 Å². The molecule has 0 aliphatic rings. The molecule has 1 aromatic carbocycles. The molecule has 0 spiro atoms. The molecule has 30 heavy (non-hydrogen) atoms. The van der Waals surface area contributed by atoms with Crippen LogP contribution in [0.25, 0.3) is 0 Å². The van der Waals surface area contributed by atoms with Crippen LogP contribution in [-0.4, -0.2) is 38.4 Å². The highest BCUT2D eigenvalue weighted by Gasteiger charge is 2.25. The predicted octanol–water partition coefficient (Wildman–Crippen LogP) is 2.66. The number of ether oxygens (including phenoxy) is 2. The first-order valence-corrected chi connectivity index (χ1v) is 9.59. The van der Waals surface area contributed by atoms with Crippen LogP contribution in [0.2, 0.25) is 0 Å². The number of hydrogen-bond acceptors (Lipinski definition) is 8. The molecule has 0 saturated carbocycles. The van der Waals surface area contributed by atoms with Crippen LogP contribution in [0.15, 0.2) is 49.6 Å². The van der Waals surface area contributed by atoms with Crippen LogP contribution in [0.4, 0.5) is 0 Å². The molecular formula is C22H32N2O6. The Hall–Kier alpha value is -2.52. The molecule has 0 unspecified atom stereocenters. The van der Waals surface area contributed by atoms with Crippen molar-refractivity contribution in [1.82, 2.24) is 11.0 Å². The van der Waals surface area contributed by atoms with E-state index in [0.717, 1.165) is 23.3 Å². The van der Waals surface area contributed by atoms with Crippen LogP contribution in [-0.2, 0) is 39.8 Å². The minimum absolute atomic E-state index is 0.129. The predicted molar refractivity (Wildman–Crippen MR) is 113 cm³/mol. The van der Waals surface area contributed by atoms with Gasteiger partial charge in [-0.25, -0.2) is 9.59 Å². The Morgan fingerprint density at radius 3 is 1.60 bits per heavy atom. The Morgan fingerprint density at radius 2 is 1.23 bits per heavy atom. The summed E-state index contributed by atoms with van der Waals surface area (Å²) in [6.45, 7) is 15.3. The number of carbonyl (C=O) groups is 2. The fraction of sp³-hybridized carbons (Fsp3) is 0.455. The topological polar surface area (TPSA) is 95.1 Å². The zero-order valence-corrected chi connectivity index (χ0v) is 18.2. The average Bonchev–Trinajstić information content (AvgIpc) is 2.72. The number of hydroxylamine groups is 2. The van der Waals surface area contributed by atoms with Crippen LogP contribution in [0.1, 0.15) is 38.8 Å². The summed E-state index contributed by atoms with van der Waals surface area (Å²) in [5, 5.41) is 0. The third-order valence-electron chi connectivity index (χ3n) is 4.15. The monoisotopic (exact) mass is 420 g/mol. The molecule has 0 radical (unpaired) electrons. The number of carbonyl (C=O) groups excluding carboxylic acids is 2. The van der Waals surface area contributed by atoms with Crippen molar-refractivity contribution in [2.75, 3.05) is 26.4 Å². The lowest BCUT2D eigenvalue weighted by Crippen LogP contribution is -2.39. The highest BCUT2D eigenvalue weighted by molar-refractivity contribution is 5.81. The van der Waals surface area contributed by atoms with E-state index in [2.05, 4.69) is 24.1 Å². The number of hydrogen-bond donors (Lipinski definition) is 2. The van der Waals surface area contributed by atoms with Crippen molar-refractivity contribution >= 4 is 11.9 Å². The molecule has 0 heterocycles. The van der Waals surface area contributed by atoms with Crippen molar-refractivity contribution < 1.29 is 28.7 Å². The van der Waals surface area contributed by atoms with Gasteiger partial charge in [-0.1, -0.05) is 37.4 Å². The average molecular weight is 421 g/mol. The molecule has 0 atom stereocenters. The summed E-state index contributed by atoms with van der Waals surface area (Å²) in [5.74, 6) is -0.970. The number of rotatable bonds is 14. The fourth-order valence-electron chi connectivity index (χ4n) is 2.36. The second kappa shape index (κ2) is 12.2. The van der Waals surface area contributed by atoms with Gasteiger partial charge in [-0.05, 0) is 38.8 Å². The Balaban J connectivity index is 2.59. The molecule has 166 valence electrons. The lowest BCUT2D eigenvalue weighted by atomic mass is 9.88. The molecule has 1 rings (SSSR count). The lowest BCUT2D eigenvalue weighted by Gasteiger charge is -2.30. The summed E-state index contributed by atoms with van der Waals surface area (Å²) >= 11 is 0. The summed E-state index contributed by atoms with van der Waals surface area (Å²) < 4.78 is 9.75. The second-order valence-electron chi connectivity index (χ2n) is 7.48. The molecule has 0 saturated heterocycles. The molecule has 0 aromatic heterocycles. The third kappa shape index (κ3) is 8.87. The molecular weight excluding hydrogens is 388 g/mol. The fourth-order valence-corrected chi connectivity index (χ4v) is 2.36. The lowest BCUT2D eigenvalue weighted by molar-refractivity contribution is -0.141. The minimum atomic E-state index is -0.492.